The lowest BCUT2D eigenvalue weighted by Gasteiger charge is -2.17. The fraction of sp³-hybridized carbons (Fsp3) is 0.368. The molecule has 2 heteroatoms. The Bertz CT molecular complexity index is 619. The molecule has 2 aromatic carbocycles. The van der Waals surface area contributed by atoms with E-state index in [0.717, 1.165) is 29.9 Å². The van der Waals surface area contributed by atoms with Gasteiger partial charge < -0.3 is 10.5 Å². The minimum atomic E-state index is 0.175. The van der Waals surface area contributed by atoms with Crippen molar-refractivity contribution in [3.05, 3.63) is 58.7 Å². The normalized spacial score (nSPS) is 12.2. The highest BCUT2D eigenvalue weighted by Crippen LogP contribution is 2.32. The zero-order valence-corrected chi connectivity index (χ0v) is 13.4. The van der Waals surface area contributed by atoms with Gasteiger partial charge in [-0.2, -0.15) is 0 Å². The average molecular weight is 283 g/mol. The molecule has 21 heavy (non-hydrogen) atoms. The predicted molar refractivity (Wildman–Crippen MR) is 89.1 cm³/mol. The number of hydrogen-bond acceptors (Lipinski definition) is 2. The van der Waals surface area contributed by atoms with Crippen molar-refractivity contribution in [2.45, 2.75) is 46.6 Å². The quantitative estimate of drug-likeness (QED) is 0.864. The molecule has 1 atom stereocenters. The third-order valence-electron chi connectivity index (χ3n) is 4.06. The highest BCUT2D eigenvalue weighted by atomic mass is 16.5. The summed E-state index contributed by atoms with van der Waals surface area (Å²) < 4.78 is 6.24. The van der Waals surface area contributed by atoms with Gasteiger partial charge in [0.05, 0.1) is 0 Å². The molecule has 2 nitrogen and oxygen atoms in total. The summed E-state index contributed by atoms with van der Waals surface area (Å²) in [6.07, 6.45) is 1.81. The molecule has 112 valence electrons. The number of rotatable bonds is 5. The highest BCUT2D eigenvalue weighted by molar-refractivity contribution is 5.48. The molecule has 0 aliphatic rings. The van der Waals surface area contributed by atoms with E-state index in [2.05, 4.69) is 45.9 Å². The molecule has 0 amide bonds. The zero-order valence-electron chi connectivity index (χ0n) is 13.4. The Morgan fingerprint density at radius 2 is 1.67 bits per heavy atom. The molecule has 0 fully saturated rings. The van der Waals surface area contributed by atoms with Crippen LogP contribution in [0.3, 0.4) is 0 Å². The Morgan fingerprint density at radius 1 is 1.00 bits per heavy atom. The summed E-state index contributed by atoms with van der Waals surface area (Å²) in [6, 6.07) is 12.6. The van der Waals surface area contributed by atoms with E-state index >= 15 is 0 Å². The number of ether oxygens (including phenoxy) is 1. The maximum atomic E-state index is 6.24. The van der Waals surface area contributed by atoms with Gasteiger partial charge in [0.25, 0.3) is 0 Å². The molecule has 0 saturated carbocycles. The lowest BCUT2D eigenvalue weighted by molar-refractivity contribution is 0.464. The Hall–Kier alpha value is -1.80. The minimum absolute atomic E-state index is 0.175. The summed E-state index contributed by atoms with van der Waals surface area (Å²) in [7, 11) is 0. The van der Waals surface area contributed by atoms with Crippen LogP contribution in [-0.4, -0.2) is 6.04 Å². The van der Waals surface area contributed by atoms with E-state index in [1.807, 2.05) is 18.2 Å². The second-order valence-corrected chi connectivity index (χ2v) is 5.74. The second-order valence-electron chi connectivity index (χ2n) is 5.74. The van der Waals surface area contributed by atoms with E-state index in [0.29, 0.717) is 0 Å². The van der Waals surface area contributed by atoms with Crippen LogP contribution in [0.4, 0.5) is 0 Å². The van der Waals surface area contributed by atoms with Gasteiger partial charge in [-0.1, -0.05) is 37.3 Å². The maximum absolute atomic E-state index is 6.24. The highest BCUT2D eigenvalue weighted by Gasteiger charge is 2.12. The molecule has 2 rings (SSSR count). The first-order valence-electron chi connectivity index (χ1n) is 7.61. The molecular weight excluding hydrogens is 258 g/mol. The molecular formula is C19H25NO. The van der Waals surface area contributed by atoms with Crippen molar-refractivity contribution in [2.24, 2.45) is 5.73 Å². The molecule has 0 heterocycles. The fourth-order valence-corrected chi connectivity index (χ4v) is 2.39. The van der Waals surface area contributed by atoms with Gasteiger partial charge in [-0.3, -0.25) is 0 Å². The van der Waals surface area contributed by atoms with Crippen LogP contribution in [0.1, 0.15) is 35.6 Å². The monoisotopic (exact) mass is 283 g/mol. The third-order valence-corrected chi connectivity index (χ3v) is 4.06. The molecule has 0 aliphatic carbocycles. The average Bonchev–Trinajstić information content (AvgIpc) is 2.49. The largest absolute Gasteiger partial charge is 0.457 e. The van der Waals surface area contributed by atoms with Gasteiger partial charge >= 0.3 is 0 Å². The summed E-state index contributed by atoms with van der Waals surface area (Å²) in [6.45, 7) is 8.42. The van der Waals surface area contributed by atoms with Gasteiger partial charge in [-0.15, -0.1) is 0 Å². The van der Waals surface area contributed by atoms with Crippen LogP contribution in [-0.2, 0) is 6.42 Å². The van der Waals surface area contributed by atoms with Crippen LogP contribution in [0.2, 0.25) is 0 Å². The van der Waals surface area contributed by atoms with Crippen LogP contribution in [0.5, 0.6) is 11.5 Å². The Balaban J connectivity index is 2.34. The van der Waals surface area contributed by atoms with Crippen LogP contribution in [0.25, 0.3) is 0 Å². The summed E-state index contributed by atoms with van der Waals surface area (Å²) >= 11 is 0. The molecule has 0 bridgehead atoms. The third kappa shape index (κ3) is 3.64. The van der Waals surface area contributed by atoms with E-state index in [4.69, 9.17) is 10.5 Å². The molecule has 0 aromatic heterocycles. The lowest BCUT2D eigenvalue weighted by Crippen LogP contribution is -2.21. The SMILES string of the molecule is CCC(N)Cc1ccccc1Oc1c(C)ccc(C)c1C. The molecule has 2 aromatic rings. The topological polar surface area (TPSA) is 35.2 Å². The van der Waals surface area contributed by atoms with Crippen molar-refractivity contribution in [1.29, 1.82) is 0 Å². The summed E-state index contributed by atoms with van der Waals surface area (Å²) in [5.74, 6) is 1.88. The Kier molecular flexibility index (Phi) is 5.03. The van der Waals surface area contributed by atoms with Crippen molar-refractivity contribution in [3.63, 3.8) is 0 Å². The Morgan fingerprint density at radius 3 is 2.38 bits per heavy atom. The molecule has 2 N–H and O–H groups in total. The maximum Gasteiger partial charge on any atom is 0.133 e. The van der Waals surface area contributed by atoms with Gasteiger partial charge in [0, 0.05) is 6.04 Å². The van der Waals surface area contributed by atoms with E-state index in [1.54, 1.807) is 0 Å². The minimum Gasteiger partial charge on any atom is -0.457 e. The molecule has 0 spiro atoms. The number of nitrogens with two attached hydrogens (primary N) is 1. The molecule has 1 unspecified atom stereocenters. The number of hydrogen-bond donors (Lipinski definition) is 1. The van der Waals surface area contributed by atoms with Crippen molar-refractivity contribution < 1.29 is 4.74 Å². The van der Waals surface area contributed by atoms with Crippen molar-refractivity contribution in [1.82, 2.24) is 0 Å². The van der Waals surface area contributed by atoms with E-state index in [9.17, 15) is 0 Å². The lowest BCUT2D eigenvalue weighted by atomic mass is 10.0. The first-order valence-corrected chi connectivity index (χ1v) is 7.61. The first kappa shape index (κ1) is 15.6. The van der Waals surface area contributed by atoms with Crippen molar-refractivity contribution in [3.8, 4) is 11.5 Å². The summed E-state index contributed by atoms with van der Waals surface area (Å²) in [5.41, 5.74) is 10.9. The van der Waals surface area contributed by atoms with Crippen LogP contribution >= 0.6 is 0 Å². The zero-order chi connectivity index (χ0) is 15.4. The molecule has 0 aliphatic heterocycles. The van der Waals surface area contributed by atoms with E-state index in [1.165, 1.54) is 16.7 Å². The number of para-hydroxylation sites is 1. The number of benzene rings is 2. The van der Waals surface area contributed by atoms with Crippen molar-refractivity contribution in [2.75, 3.05) is 0 Å². The predicted octanol–water partition coefficient (Wildman–Crippen LogP) is 4.68. The van der Waals surface area contributed by atoms with Crippen LogP contribution in [0.15, 0.2) is 36.4 Å². The van der Waals surface area contributed by atoms with E-state index < -0.39 is 0 Å². The van der Waals surface area contributed by atoms with Crippen LogP contribution in [0, 0.1) is 20.8 Å². The first-order chi connectivity index (χ1) is 10.0. The van der Waals surface area contributed by atoms with E-state index in [-0.39, 0.29) is 6.04 Å². The smallest absolute Gasteiger partial charge is 0.133 e. The second kappa shape index (κ2) is 6.77. The van der Waals surface area contributed by atoms with Gasteiger partial charge in [0.2, 0.25) is 0 Å². The number of aryl methyl sites for hydroxylation is 2. The summed E-state index contributed by atoms with van der Waals surface area (Å²) in [5, 5.41) is 0. The Labute approximate surface area is 127 Å². The van der Waals surface area contributed by atoms with Crippen molar-refractivity contribution >= 4 is 0 Å². The van der Waals surface area contributed by atoms with Crippen LogP contribution < -0.4 is 10.5 Å². The molecule has 0 radical (unpaired) electrons. The van der Waals surface area contributed by atoms with Gasteiger partial charge in [-0.05, 0) is 61.9 Å². The molecule has 0 saturated heterocycles. The summed E-state index contributed by atoms with van der Waals surface area (Å²) in [4.78, 5) is 0. The van der Waals surface area contributed by atoms with Gasteiger partial charge in [0.15, 0.2) is 0 Å². The standard InChI is InChI=1S/C19H25NO/c1-5-17(20)12-16-8-6-7-9-18(16)21-19-14(3)11-10-13(2)15(19)4/h6-11,17H,5,12,20H2,1-4H3. The van der Waals surface area contributed by atoms with Gasteiger partial charge in [0.1, 0.15) is 11.5 Å². The fourth-order valence-electron chi connectivity index (χ4n) is 2.39. The van der Waals surface area contributed by atoms with Gasteiger partial charge in [-0.25, -0.2) is 0 Å².